The van der Waals surface area contributed by atoms with Gasteiger partial charge in [0.1, 0.15) is 11.3 Å². The van der Waals surface area contributed by atoms with Gasteiger partial charge in [0.25, 0.3) is 5.91 Å². The van der Waals surface area contributed by atoms with E-state index in [1.807, 2.05) is 13.8 Å². The Kier molecular flexibility index (Phi) is 4.24. The van der Waals surface area contributed by atoms with Crippen molar-refractivity contribution < 1.29 is 9.53 Å². The Morgan fingerprint density at radius 2 is 2.25 bits per heavy atom. The minimum Gasteiger partial charge on any atom is -0.493 e. The predicted molar refractivity (Wildman–Crippen MR) is 77.9 cm³/mol. The van der Waals surface area contributed by atoms with Gasteiger partial charge < -0.3 is 15.8 Å². The van der Waals surface area contributed by atoms with Crippen LogP contribution in [-0.2, 0) is 6.54 Å². The molecule has 106 valence electrons. The fraction of sp³-hybridized carbons (Fsp3) is 0.286. The molecule has 6 heteroatoms. The molecule has 0 aliphatic heterocycles. The smallest absolute Gasteiger partial charge is 0.261 e. The Bertz CT molecular complexity index is 607. The van der Waals surface area contributed by atoms with Crippen LogP contribution in [0, 0.1) is 0 Å². The molecule has 0 aliphatic rings. The van der Waals surface area contributed by atoms with E-state index in [0.29, 0.717) is 29.3 Å². The highest BCUT2D eigenvalue weighted by Crippen LogP contribution is 2.25. The summed E-state index contributed by atoms with van der Waals surface area (Å²) >= 11 is 0. The summed E-state index contributed by atoms with van der Waals surface area (Å²) in [6, 6.07) is 5.16. The first kappa shape index (κ1) is 13.9. The molecule has 0 radical (unpaired) electrons. The van der Waals surface area contributed by atoms with Crippen LogP contribution in [-0.4, -0.2) is 22.3 Å². The number of nitrogens with zero attached hydrogens (tertiary/aromatic N) is 2. The van der Waals surface area contributed by atoms with Crippen molar-refractivity contribution in [1.29, 1.82) is 0 Å². The Labute approximate surface area is 117 Å². The van der Waals surface area contributed by atoms with Crippen LogP contribution in [0.5, 0.6) is 5.75 Å². The third kappa shape index (κ3) is 2.90. The second-order valence-electron chi connectivity index (χ2n) is 4.19. The van der Waals surface area contributed by atoms with Crippen LogP contribution in [0.15, 0.2) is 30.6 Å². The van der Waals surface area contributed by atoms with E-state index in [0.717, 1.165) is 6.54 Å². The van der Waals surface area contributed by atoms with Crippen LogP contribution in [0.25, 0.3) is 0 Å². The molecule has 0 spiro atoms. The summed E-state index contributed by atoms with van der Waals surface area (Å²) in [4.78, 5) is 12.3. The number of benzene rings is 1. The molecule has 0 atom stereocenters. The quantitative estimate of drug-likeness (QED) is 0.818. The van der Waals surface area contributed by atoms with E-state index >= 15 is 0 Å². The zero-order valence-electron chi connectivity index (χ0n) is 11.6. The number of nitrogens with one attached hydrogen (secondary N) is 1. The molecule has 2 rings (SSSR count). The van der Waals surface area contributed by atoms with E-state index in [9.17, 15) is 4.79 Å². The van der Waals surface area contributed by atoms with Gasteiger partial charge in [-0.05, 0) is 26.0 Å². The highest BCUT2D eigenvalue weighted by Gasteiger charge is 2.16. The normalized spacial score (nSPS) is 10.3. The SMILES string of the molecule is CCOc1cccc(N)c1C(=O)Nc1cnn(CC)c1. The Morgan fingerprint density at radius 1 is 1.45 bits per heavy atom. The molecule has 0 saturated heterocycles. The van der Waals surface area contributed by atoms with Gasteiger partial charge in [-0.2, -0.15) is 5.10 Å². The summed E-state index contributed by atoms with van der Waals surface area (Å²) in [7, 11) is 0. The second-order valence-corrected chi connectivity index (χ2v) is 4.19. The standard InChI is InChI=1S/C14H18N4O2/c1-3-18-9-10(8-16-18)17-14(19)13-11(15)6-5-7-12(13)20-4-2/h5-9H,3-4,15H2,1-2H3,(H,17,19). The number of anilines is 2. The maximum Gasteiger partial charge on any atom is 0.261 e. The zero-order valence-corrected chi connectivity index (χ0v) is 11.6. The second kappa shape index (κ2) is 6.10. The molecular weight excluding hydrogens is 256 g/mol. The van der Waals surface area contributed by atoms with Crippen LogP contribution < -0.4 is 15.8 Å². The molecular formula is C14H18N4O2. The van der Waals surface area contributed by atoms with Crippen LogP contribution in [0.2, 0.25) is 0 Å². The van der Waals surface area contributed by atoms with E-state index in [4.69, 9.17) is 10.5 Å². The van der Waals surface area contributed by atoms with Gasteiger partial charge in [0.2, 0.25) is 0 Å². The van der Waals surface area contributed by atoms with Crippen molar-refractivity contribution in [3.05, 3.63) is 36.2 Å². The van der Waals surface area contributed by atoms with Crippen molar-refractivity contribution in [3.8, 4) is 5.75 Å². The Morgan fingerprint density at radius 3 is 2.90 bits per heavy atom. The third-order valence-corrected chi connectivity index (χ3v) is 2.80. The highest BCUT2D eigenvalue weighted by atomic mass is 16.5. The van der Waals surface area contributed by atoms with E-state index in [1.54, 1.807) is 35.3 Å². The van der Waals surface area contributed by atoms with Crippen molar-refractivity contribution in [3.63, 3.8) is 0 Å². The van der Waals surface area contributed by atoms with Gasteiger partial charge in [0.05, 0.1) is 18.5 Å². The summed E-state index contributed by atoms with van der Waals surface area (Å²) in [6.07, 6.45) is 3.36. The lowest BCUT2D eigenvalue weighted by atomic mass is 10.1. The molecule has 0 aliphatic carbocycles. The molecule has 20 heavy (non-hydrogen) atoms. The average molecular weight is 274 g/mol. The number of ether oxygens (including phenoxy) is 1. The van der Waals surface area contributed by atoms with Crippen LogP contribution in [0.3, 0.4) is 0 Å². The number of carbonyl (C=O) groups excluding carboxylic acids is 1. The number of rotatable bonds is 5. The fourth-order valence-electron chi connectivity index (χ4n) is 1.86. The number of aromatic nitrogens is 2. The molecule has 6 nitrogen and oxygen atoms in total. The number of hydrogen-bond donors (Lipinski definition) is 2. The molecule has 1 aromatic heterocycles. The largest absolute Gasteiger partial charge is 0.493 e. The monoisotopic (exact) mass is 274 g/mol. The molecule has 1 aromatic carbocycles. The highest BCUT2D eigenvalue weighted by molar-refractivity contribution is 6.09. The van der Waals surface area contributed by atoms with Crippen molar-refractivity contribution in [1.82, 2.24) is 9.78 Å². The summed E-state index contributed by atoms with van der Waals surface area (Å²) in [5.41, 5.74) is 7.23. The van der Waals surface area contributed by atoms with Gasteiger partial charge in [-0.25, -0.2) is 0 Å². The molecule has 0 unspecified atom stereocenters. The first-order chi connectivity index (χ1) is 9.65. The first-order valence-corrected chi connectivity index (χ1v) is 6.50. The summed E-state index contributed by atoms with van der Waals surface area (Å²) in [5.74, 6) is 0.176. The number of nitrogens with two attached hydrogens (primary N) is 1. The van der Waals surface area contributed by atoms with Crippen LogP contribution in [0.1, 0.15) is 24.2 Å². The number of aryl methyl sites for hydroxylation is 1. The lowest BCUT2D eigenvalue weighted by molar-refractivity contribution is 0.102. The van der Waals surface area contributed by atoms with Crippen LogP contribution >= 0.6 is 0 Å². The van der Waals surface area contributed by atoms with Gasteiger partial charge in [-0.3, -0.25) is 9.48 Å². The number of nitrogen functional groups attached to an aromatic ring is 1. The average Bonchev–Trinajstić information content (AvgIpc) is 2.86. The molecule has 1 heterocycles. The Balaban J connectivity index is 2.24. The lowest BCUT2D eigenvalue weighted by Gasteiger charge is -2.11. The van der Waals surface area contributed by atoms with Gasteiger partial charge in [-0.15, -0.1) is 0 Å². The predicted octanol–water partition coefficient (Wildman–Crippen LogP) is 2.14. The molecule has 0 saturated carbocycles. The van der Waals surface area contributed by atoms with E-state index in [2.05, 4.69) is 10.4 Å². The van der Waals surface area contributed by atoms with Crippen molar-refractivity contribution in [2.45, 2.75) is 20.4 Å². The third-order valence-electron chi connectivity index (χ3n) is 2.80. The van der Waals surface area contributed by atoms with Crippen molar-refractivity contribution in [2.24, 2.45) is 0 Å². The van der Waals surface area contributed by atoms with E-state index in [1.165, 1.54) is 0 Å². The lowest BCUT2D eigenvalue weighted by Crippen LogP contribution is -2.15. The van der Waals surface area contributed by atoms with Gasteiger partial charge >= 0.3 is 0 Å². The minimum atomic E-state index is -0.304. The first-order valence-electron chi connectivity index (χ1n) is 6.50. The van der Waals surface area contributed by atoms with E-state index < -0.39 is 0 Å². The summed E-state index contributed by atoms with van der Waals surface area (Å²) in [6.45, 7) is 5.04. The number of hydrogen-bond acceptors (Lipinski definition) is 4. The maximum absolute atomic E-state index is 12.3. The van der Waals surface area contributed by atoms with Gasteiger partial charge in [0, 0.05) is 18.4 Å². The Hall–Kier alpha value is -2.50. The van der Waals surface area contributed by atoms with Crippen LogP contribution in [0.4, 0.5) is 11.4 Å². The van der Waals surface area contributed by atoms with Gasteiger partial charge in [0.15, 0.2) is 0 Å². The number of amides is 1. The topological polar surface area (TPSA) is 82.2 Å². The fourth-order valence-corrected chi connectivity index (χ4v) is 1.86. The minimum absolute atomic E-state index is 0.304. The molecule has 2 aromatic rings. The molecule has 3 N–H and O–H groups in total. The summed E-state index contributed by atoms with van der Waals surface area (Å²) < 4.78 is 7.17. The van der Waals surface area contributed by atoms with E-state index in [-0.39, 0.29) is 5.91 Å². The summed E-state index contributed by atoms with van der Waals surface area (Å²) in [5, 5.41) is 6.87. The zero-order chi connectivity index (χ0) is 14.5. The van der Waals surface area contributed by atoms with Crippen molar-refractivity contribution in [2.75, 3.05) is 17.7 Å². The molecule has 0 fully saturated rings. The molecule has 1 amide bonds. The van der Waals surface area contributed by atoms with Gasteiger partial charge in [-0.1, -0.05) is 6.07 Å². The number of carbonyl (C=O) groups is 1. The van der Waals surface area contributed by atoms with Crippen molar-refractivity contribution >= 4 is 17.3 Å². The maximum atomic E-state index is 12.3. The molecule has 0 bridgehead atoms.